The van der Waals surface area contributed by atoms with Crippen LogP contribution in [-0.4, -0.2) is 43.1 Å². The van der Waals surface area contributed by atoms with Gasteiger partial charge in [-0.05, 0) is 49.9 Å². The number of nitrogens with zero attached hydrogens (tertiary/aromatic N) is 1. The Hall–Kier alpha value is -1.26. The number of carbonyl (C=O) groups excluding carboxylic acids is 1. The Morgan fingerprint density at radius 3 is 3.09 bits per heavy atom. The molecule has 0 aromatic heterocycles. The smallest absolute Gasteiger partial charge is 0.253 e. The van der Waals surface area contributed by atoms with E-state index in [2.05, 4.69) is 12.2 Å². The van der Waals surface area contributed by atoms with Crippen molar-refractivity contribution in [1.29, 1.82) is 0 Å². The minimum absolute atomic E-state index is 0. The highest BCUT2D eigenvalue weighted by molar-refractivity contribution is 5.94. The lowest BCUT2D eigenvalue weighted by molar-refractivity contribution is 0.0661. The zero-order valence-electron chi connectivity index (χ0n) is 13.1. The van der Waals surface area contributed by atoms with Gasteiger partial charge in [0.2, 0.25) is 0 Å². The summed E-state index contributed by atoms with van der Waals surface area (Å²) in [5.41, 5.74) is 0.744. The summed E-state index contributed by atoms with van der Waals surface area (Å²) >= 11 is 0. The Bertz CT molecular complexity index is 509. The van der Waals surface area contributed by atoms with Crippen LogP contribution in [-0.2, 0) is 0 Å². The standard InChI is InChI=1S/C17H24N2O2.ClH/c1-2-10-21-15-5-3-4-13(11-15)17(20)19-9-7-16-14(12-19)6-8-18-16;/h3-5,11,14,16,18H,2,6-10,12H2,1H3;1H. The molecule has 2 aliphatic rings. The fourth-order valence-electron chi connectivity index (χ4n) is 3.35. The summed E-state index contributed by atoms with van der Waals surface area (Å²) in [5.74, 6) is 1.56. The van der Waals surface area contributed by atoms with Crippen molar-refractivity contribution in [3.63, 3.8) is 0 Å². The molecule has 2 saturated heterocycles. The number of nitrogens with one attached hydrogen (secondary N) is 1. The third-order valence-electron chi connectivity index (χ3n) is 4.50. The third-order valence-corrected chi connectivity index (χ3v) is 4.50. The van der Waals surface area contributed by atoms with E-state index in [1.807, 2.05) is 29.2 Å². The Balaban J connectivity index is 0.00000176. The summed E-state index contributed by atoms with van der Waals surface area (Å²) in [6.45, 7) is 5.60. The van der Waals surface area contributed by atoms with Crippen LogP contribution in [0.1, 0.15) is 36.5 Å². The molecule has 0 saturated carbocycles. The Morgan fingerprint density at radius 1 is 1.41 bits per heavy atom. The Kier molecular flexibility index (Phi) is 6.09. The van der Waals surface area contributed by atoms with Gasteiger partial charge >= 0.3 is 0 Å². The minimum Gasteiger partial charge on any atom is -0.494 e. The molecule has 2 aliphatic heterocycles. The summed E-state index contributed by atoms with van der Waals surface area (Å²) in [5, 5.41) is 3.53. The van der Waals surface area contributed by atoms with Gasteiger partial charge in [-0.3, -0.25) is 4.79 Å². The number of hydrogen-bond acceptors (Lipinski definition) is 3. The summed E-state index contributed by atoms with van der Waals surface area (Å²) < 4.78 is 5.62. The van der Waals surface area contributed by atoms with E-state index in [-0.39, 0.29) is 18.3 Å². The van der Waals surface area contributed by atoms with Crippen LogP contribution >= 0.6 is 12.4 Å². The van der Waals surface area contributed by atoms with Gasteiger partial charge in [0, 0.05) is 24.7 Å². The van der Waals surface area contributed by atoms with Crippen molar-refractivity contribution in [3.05, 3.63) is 29.8 Å². The predicted octanol–water partition coefficient (Wildman–Crippen LogP) is 2.72. The minimum atomic E-state index is 0. The van der Waals surface area contributed by atoms with Gasteiger partial charge in [-0.2, -0.15) is 0 Å². The first-order chi connectivity index (χ1) is 10.3. The fraction of sp³-hybridized carbons (Fsp3) is 0.588. The van der Waals surface area contributed by atoms with Crippen LogP contribution in [0.15, 0.2) is 24.3 Å². The monoisotopic (exact) mass is 324 g/mol. The normalized spacial score (nSPS) is 23.6. The third kappa shape index (κ3) is 3.73. The zero-order chi connectivity index (χ0) is 14.7. The second-order valence-electron chi connectivity index (χ2n) is 6.03. The molecule has 0 aliphatic carbocycles. The molecule has 2 fully saturated rings. The van der Waals surface area contributed by atoms with Gasteiger partial charge in [0.05, 0.1) is 6.61 Å². The van der Waals surface area contributed by atoms with Crippen molar-refractivity contribution >= 4 is 18.3 Å². The Labute approximate surface area is 138 Å². The topological polar surface area (TPSA) is 41.6 Å². The largest absolute Gasteiger partial charge is 0.494 e. The van der Waals surface area contributed by atoms with Crippen molar-refractivity contribution in [2.75, 3.05) is 26.2 Å². The van der Waals surface area contributed by atoms with Crippen LogP contribution in [0, 0.1) is 5.92 Å². The van der Waals surface area contributed by atoms with Gasteiger partial charge in [0.25, 0.3) is 5.91 Å². The lowest BCUT2D eigenvalue weighted by atomic mass is 9.93. The number of piperidine rings is 1. The second kappa shape index (κ2) is 7.84. The molecule has 2 unspecified atom stereocenters. The number of halogens is 1. The van der Waals surface area contributed by atoms with E-state index in [9.17, 15) is 4.79 Å². The van der Waals surface area contributed by atoms with E-state index in [0.29, 0.717) is 18.6 Å². The van der Waals surface area contributed by atoms with Crippen molar-refractivity contribution in [3.8, 4) is 5.75 Å². The van der Waals surface area contributed by atoms with Crippen molar-refractivity contribution < 1.29 is 9.53 Å². The summed E-state index contributed by atoms with van der Waals surface area (Å²) in [6, 6.07) is 8.20. The molecule has 1 aromatic rings. The lowest BCUT2D eigenvalue weighted by Gasteiger charge is -2.35. The number of amides is 1. The number of benzene rings is 1. The number of likely N-dealkylation sites (tertiary alicyclic amines) is 1. The first kappa shape index (κ1) is 17.1. The molecule has 1 N–H and O–H groups in total. The van der Waals surface area contributed by atoms with Crippen molar-refractivity contribution in [2.45, 2.75) is 32.2 Å². The molecule has 5 heteroatoms. The Morgan fingerprint density at radius 2 is 2.27 bits per heavy atom. The van der Waals surface area contributed by atoms with Gasteiger partial charge < -0.3 is 15.0 Å². The van der Waals surface area contributed by atoms with Crippen LogP contribution in [0.5, 0.6) is 5.75 Å². The summed E-state index contributed by atoms with van der Waals surface area (Å²) in [6.07, 6.45) is 3.23. The maximum absolute atomic E-state index is 12.7. The van der Waals surface area contributed by atoms with E-state index < -0.39 is 0 Å². The first-order valence-electron chi connectivity index (χ1n) is 8.03. The molecule has 3 rings (SSSR count). The molecular weight excluding hydrogens is 300 g/mol. The lowest BCUT2D eigenvalue weighted by Crippen LogP contribution is -2.46. The highest BCUT2D eigenvalue weighted by atomic mass is 35.5. The molecule has 1 aromatic carbocycles. The molecule has 4 nitrogen and oxygen atoms in total. The van der Waals surface area contributed by atoms with E-state index in [1.54, 1.807) is 0 Å². The zero-order valence-corrected chi connectivity index (χ0v) is 13.9. The van der Waals surface area contributed by atoms with Crippen molar-refractivity contribution in [1.82, 2.24) is 10.2 Å². The van der Waals surface area contributed by atoms with E-state index >= 15 is 0 Å². The number of ether oxygens (including phenoxy) is 1. The highest BCUT2D eigenvalue weighted by Gasteiger charge is 2.34. The fourth-order valence-corrected chi connectivity index (χ4v) is 3.35. The molecule has 0 bridgehead atoms. The van der Waals surface area contributed by atoms with E-state index in [4.69, 9.17) is 4.74 Å². The maximum atomic E-state index is 12.7. The molecule has 122 valence electrons. The second-order valence-corrected chi connectivity index (χ2v) is 6.03. The van der Waals surface area contributed by atoms with E-state index in [0.717, 1.165) is 43.8 Å². The van der Waals surface area contributed by atoms with Gasteiger partial charge in [-0.15, -0.1) is 12.4 Å². The van der Waals surface area contributed by atoms with Crippen LogP contribution in [0.4, 0.5) is 0 Å². The SMILES string of the molecule is CCCOc1cccc(C(=O)N2CCC3NCCC3C2)c1.Cl. The summed E-state index contributed by atoms with van der Waals surface area (Å²) in [7, 11) is 0. The van der Waals surface area contributed by atoms with Crippen LogP contribution in [0.2, 0.25) is 0 Å². The van der Waals surface area contributed by atoms with Gasteiger partial charge in [0.15, 0.2) is 0 Å². The molecular formula is C17H25ClN2O2. The maximum Gasteiger partial charge on any atom is 0.253 e. The van der Waals surface area contributed by atoms with Gasteiger partial charge in [-0.1, -0.05) is 13.0 Å². The molecule has 22 heavy (non-hydrogen) atoms. The van der Waals surface area contributed by atoms with Gasteiger partial charge in [0.1, 0.15) is 5.75 Å². The quantitative estimate of drug-likeness (QED) is 0.926. The molecule has 0 radical (unpaired) electrons. The molecule has 1 amide bonds. The summed E-state index contributed by atoms with van der Waals surface area (Å²) in [4.78, 5) is 14.7. The first-order valence-corrected chi connectivity index (χ1v) is 8.03. The highest BCUT2D eigenvalue weighted by Crippen LogP contribution is 2.26. The predicted molar refractivity (Wildman–Crippen MR) is 89.9 cm³/mol. The number of carbonyl (C=O) groups is 1. The van der Waals surface area contributed by atoms with Crippen LogP contribution in [0.25, 0.3) is 0 Å². The molecule has 2 atom stereocenters. The van der Waals surface area contributed by atoms with Crippen LogP contribution in [0.3, 0.4) is 0 Å². The van der Waals surface area contributed by atoms with Gasteiger partial charge in [-0.25, -0.2) is 0 Å². The van der Waals surface area contributed by atoms with E-state index in [1.165, 1.54) is 6.42 Å². The van der Waals surface area contributed by atoms with Crippen molar-refractivity contribution in [2.24, 2.45) is 5.92 Å². The molecule has 0 spiro atoms. The number of rotatable bonds is 4. The van der Waals surface area contributed by atoms with Crippen LogP contribution < -0.4 is 10.1 Å². The average molecular weight is 325 g/mol. The molecule has 2 heterocycles. The number of fused-ring (bicyclic) bond motifs is 1. The average Bonchev–Trinajstić information content (AvgIpc) is 3.00. The number of hydrogen-bond donors (Lipinski definition) is 1.